The molecule has 2 heteroatoms. The molecular weight excluding hydrogens is 188 g/mol. The first-order valence-electron chi connectivity index (χ1n) is 5.64. The molecule has 0 aromatic carbocycles. The monoisotopic (exact) mass is 208 g/mol. The maximum absolute atomic E-state index is 5.77. The summed E-state index contributed by atoms with van der Waals surface area (Å²) >= 11 is 0. The molecule has 0 aromatic heterocycles. The van der Waals surface area contributed by atoms with E-state index in [0.29, 0.717) is 0 Å². The highest BCUT2D eigenvalue weighted by Crippen LogP contribution is 2.40. The largest absolute Gasteiger partial charge is 0.350 e. The van der Waals surface area contributed by atoms with Gasteiger partial charge in [0.2, 0.25) is 0 Å². The highest BCUT2D eigenvalue weighted by atomic mass is 16.7. The lowest BCUT2D eigenvalue weighted by atomic mass is 9.80. The zero-order valence-electron chi connectivity index (χ0n) is 9.71. The Kier molecular flexibility index (Phi) is 2.73. The van der Waals surface area contributed by atoms with Crippen LogP contribution in [-0.2, 0) is 9.47 Å². The number of hydrogen-bond donors (Lipinski definition) is 0. The van der Waals surface area contributed by atoms with Gasteiger partial charge in [-0.2, -0.15) is 0 Å². The van der Waals surface area contributed by atoms with Gasteiger partial charge in [-0.25, -0.2) is 0 Å². The van der Waals surface area contributed by atoms with E-state index in [0.717, 1.165) is 32.5 Å². The number of rotatable bonds is 0. The van der Waals surface area contributed by atoms with Gasteiger partial charge in [0.25, 0.3) is 0 Å². The number of hydrogen-bond acceptors (Lipinski definition) is 2. The molecule has 84 valence electrons. The molecule has 1 fully saturated rings. The van der Waals surface area contributed by atoms with Crippen molar-refractivity contribution in [3.05, 3.63) is 24.3 Å². The van der Waals surface area contributed by atoms with Gasteiger partial charge in [-0.05, 0) is 33.1 Å². The molecule has 15 heavy (non-hydrogen) atoms. The van der Waals surface area contributed by atoms with Gasteiger partial charge < -0.3 is 9.47 Å². The van der Waals surface area contributed by atoms with Crippen molar-refractivity contribution in [2.24, 2.45) is 5.41 Å². The topological polar surface area (TPSA) is 18.5 Å². The van der Waals surface area contributed by atoms with E-state index >= 15 is 0 Å². The Balaban J connectivity index is 2.06. The molecular formula is C13H20O2. The molecule has 1 aliphatic carbocycles. The predicted octanol–water partition coefficient (Wildman–Crippen LogP) is 3.05. The SMILES string of the molecule is C=C1C=CCCC2(COC(C)(C)OC2)C1. The minimum atomic E-state index is -0.410. The molecule has 1 aliphatic heterocycles. The van der Waals surface area contributed by atoms with Gasteiger partial charge in [-0.1, -0.05) is 24.3 Å². The fourth-order valence-corrected chi connectivity index (χ4v) is 2.25. The molecule has 0 unspecified atom stereocenters. The Labute approximate surface area is 92.0 Å². The Hall–Kier alpha value is -0.600. The van der Waals surface area contributed by atoms with Crippen LogP contribution in [0.15, 0.2) is 24.3 Å². The van der Waals surface area contributed by atoms with Gasteiger partial charge in [-0.3, -0.25) is 0 Å². The van der Waals surface area contributed by atoms with E-state index in [1.54, 1.807) is 0 Å². The third-order valence-electron chi connectivity index (χ3n) is 3.25. The molecule has 0 aromatic rings. The first kappa shape index (κ1) is 10.9. The van der Waals surface area contributed by atoms with Crippen molar-refractivity contribution in [2.45, 2.75) is 38.9 Å². The molecule has 1 heterocycles. The lowest BCUT2D eigenvalue weighted by Crippen LogP contribution is -2.46. The van der Waals surface area contributed by atoms with Crippen molar-refractivity contribution < 1.29 is 9.47 Å². The smallest absolute Gasteiger partial charge is 0.162 e. The third kappa shape index (κ3) is 2.50. The van der Waals surface area contributed by atoms with Crippen LogP contribution < -0.4 is 0 Å². The number of allylic oxidation sites excluding steroid dienone is 3. The van der Waals surface area contributed by atoms with E-state index in [-0.39, 0.29) is 5.41 Å². The maximum Gasteiger partial charge on any atom is 0.162 e. The van der Waals surface area contributed by atoms with E-state index < -0.39 is 5.79 Å². The zero-order valence-corrected chi connectivity index (χ0v) is 9.71. The van der Waals surface area contributed by atoms with Crippen LogP contribution in [0.4, 0.5) is 0 Å². The molecule has 0 bridgehead atoms. The van der Waals surface area contributed by atoms with Gasteiger partial charge in [0.1, 0.15) is 0 Å². The summed E-state index contributed by atoms with van der Waals surface area (Å²) in [7, 11) is 0. The second kappa shape index (κ2) is 3.76. The zero-order chi connectivity index (χ0) is 10.9. The molecule has 0 N–H and O–H groups in total. The Bertz CT molecular complexity index is 279. The van der Waals surface area contributed by atoms with Crippen molar-refractivity contribution in [3.8, 4) is 0 Å². The number of ether oxygens (including phenoxy) is 2. The molecule has 1 saturated heterocycles. The molecule has 1 spiro atoms. The molecule has 0 atom stereocenters. The van der Waals surface area contributed by atoms with Crippen molar-refractivity contribution in [1.29, 1.82) is 0 Å². The van der Waals surface area contributed by atoms with Gasteiger partial charge in [0.15, 0.2) is 5.79 Å². The Morgan fingerprint density at radius 3 is 2.60 bits per heavy atom. The van der Waals surface area contributed by atoms with Crippen LogP contribution in [0, 0.1) is 5.41 Å². The van der Waals surface area contributed by atoms with Gasteiger partial charge in [0.05, 0.1) is 13.2 Å². The molecule has 0 radical (unpaired) electrons. The summed E-state index contributed by atoms with van der Waals surface area (Å²) < 4.78 is 11.5. The molecule has 2 rings (SSSR count). The standard InChI is InChI=1S/C13H20O2/c1-11-6-4-5-7-13(8-11)9-14-12(2,3)15-10-13/h4,6H,1,5,7-10H2,2-3H3. The summed E-state index contributed by atoms with van der Waals surface area (Å²) in [5.74, 6) is -0.410. The molecule has 2 aliphatic rings. The second-order valence-corrected chi connectivity index (χ2v) is 5.25. The quantitative estimate of drug-likeness (QED) is 0.609. The lowest BCUT2D eigenvalue weighted by Gasteiger charge is -2.43. The maximum atomic E-state index is 5.77. The highest BCUT2D eigenvalue weighted by Gasteiger charge is 2.40. The molecule has 2 nitrogen and oxygen atoms in total. The summed E-state index contributed by atoms with van der Waals surface area (Å²) in [6.07, 6.45) is 7.58. The normalized spacial score (nSPS) is 29.1. The van der Waals surface area contributed by atoms with Crippen LogP contribution in [0.5, 0.6) is 0 Å². The Morgan fingerprint density at radius 1 is 1.27 bits per heavy atom. The molecule has 0 amide bonds. The summed E-state index contributed by atoms with van der Waals surface area (Å²) in [5, 5.41) is 0. The van der Waals surface area contributed by atoms with Crippen molar-refractivity contribution >= 4 is 0 Å². The van der Waals surface area contributed by atoms with Crippen molar-refractivity contribution in [3.63, 3.8) is 0 Å². The average Bonchev–Trinajstić information content (AvgIpc) is 2.35. The first-order chi connectivity index (χ1) is 7.02. The minimum Gasteiger partial charge on any atom is -0.350 e. The van der Waals surface area contributed by atoms with E-state index in [1.165, 1.54) is 5.57 Å². The summed E-state index contributed by atoms with van der Waals surface area (Å²) in [5.41, 5.74) is 1.36. The van der Waals surface area contributed by atoms with Crippen LogP contribution >= 0.6 is 0 Å². The first-order valence-corrected chi connectivity index (χ1v) is 5.64. The van der Waals surface area contributed by atoms with Gasteiger partial charge in [0, 0.05) is 5.41 Å². The van der Waals surface area contributed by atoms with Gasteiger partial charge in [-0.15, -0.1) is 0 Å². The van der Waals surface area contributed by atoms with Crippen molar-refractivity contribution in [2.75, 3.05) is 13.2 Å². The van der Waals surface area contributed by atoms with Crippen LogP contribution in [0.25, 0.3) is 0 Å². The average molecular weight is 208 g/mol. The van der Waals surface area contributed by atoms with Crippen LogP contribution in [0.1, 0.15) is 33.1 Å². The van der Waals surface area contributed by atoms with E-state index in [9.17, 15) is 0 Å². The summed E-state index contributed by atoms with van der Waals surface area (Å²) in [4.78, 5) is 0. The highest BCUT2D eigenvalue weighted by molar-refractivity contribution is 5.19. The van der Waals surface area contributed by atoms with Crippen LogP contribution in [0.2, 0.25) is 0 Å². The summed E-state index contributed by atoms with van der Waals surface area (Å²) in [6, 6.07) is 0. The lowest BCUT2D eigenvalue weighted by molar-refractivity contribution is -0.286. The second-order valence-electron chi connectivity index (χ2n) is 5.25. The van der Waals surface area contributed by atoms with Crippen LogP contribution in [0.3, 0.4) is 0 Å². The predicted molar refractivity (Wildman–Crippen MR) is 60.5 cm³/mol. The van der Waals surface area contributed by atoms with E-state index in [4.69, 9.17) is 9.47 Å². The fraction of sp³-hybridized carbons (Fsp3) is 0.692. The van der Waals surface area contributed by atoms with Crippen LogP contribution in [-0.4, -0.2) is 19.0 Å². The van der Waals surface area contributed by atoms with Gasteiger partial charge >= 0.3 is 0 Å². The summed E-state index contributed by atoms with van der Waals surface area (Å²) in [6.45, 7) is 9.60. The Morgan fingerprint density at radius 2 is 1.93 bits per heavy atom. The van der Waals surface area contributed by atoms with E-state index in [2.05, 4.69) is 18.7 Å². The fourth-order valence-electron chi connectivity index (χ4n) is 2.25. The van der Waals surface area contributed by atoms with E-state index in [1.807, 2.05) is 13.8 Å². The van der Waals surface area contributed by atoms with Crippen molar-refractivity contribution in [1.82, 2.24) is 0 Å². The minimum absolute atomic E-state index is 0.163. The molecule has 0 saturated carbocycles. The third-order valence-corrected chi connectivity index (χ3v) is 3.25.